The predicted octanol–water partition coefficient (Wildman–Crippen LogP) is 4.49. The molecule has 3 aromatic carbocycles. The Labute approximate surface area is 229 Å². The number of carbonyl (C=O) groups is 2. The molecule has 8 nitrogen and oxygen atoms in total. The Morgan fingerprint density at radius 2 is 1.58 bits per heavy atom. The summed E-state index contributed by atoms with van der Waals surface area (Å²) in [7, 11) is -4.15. The molecule has 0 bridgehead atoms. The number of likely N-dealkylation sites (N-methyl/N-ethyl adjacent to an activating group) is 1. The zero-order valence-corrected chi connectivity index (χ0v) is 23.2. The first-order chi connectivity index (χ1) is 18.2. The first-order valence-corrected chi connectivity index (χ1v) is 14.1. The molecule has 1 unspecified atom stereocenters. The van der Waals surface area contributed by atoms with E-state index in [2.05, 4.69) is 5.32 Å². The lowest BCUT2D eigenvalue weighted by Crippen LogP contribution is -2.51. The van der Waals surface area contributed by atoms with Crippen molar-refractivity contribution in [3.8, 4) is 5.75 Å². The van der Waals surface area contributed by atoms with Gasteiger partial charge in [0, 0.05) is 18.1 Å². The quantitative estimate of drug-likeness (QED) is 0.354. The average Bonchev–Trinajstić information content (AvgIpc) is 2.92. The number of hydrogen-bond donors (Lipinski definition) is 1. The second-order valence-electron chi connectivity index (χ2n) is 8.44. The molecule has 0 spiro atoms. The van der Waals surface area contributed by atoms with E-state index in [0.717, 1.165) is 4.31 Å². The number of halogens is 1. The average molecular weight is 558 g/mol. The number of rotatable bonds is 12. The Balaban J connectivity index is 2.00. The van der Waals surface area contributed by atoms with Crippen molar-refractivity contribution in [3.05, 3.63) is 89.4 Å². The molecule has 0 aliphatic carbocycles. The maximum absolute atomic E-state index is 13.8. The molecule has 3 aromatic rings. The van der Waals surface area contributed by atoms with E-state index in [1.54, 1.807) is 80.6 Å². The minimum atomic E-state index is -4.15. The third-order valence-electron chi connectivity index (χ3n) is 5.86. The van der Waals surface area contributed by atoms with Gasteiger partial charge < -0.3 is 15.0 Å². The number of anilines is 1. The number of amides is 2. The topological polar surface area (TPSA) is 96.0 Å². The number of carbonyl (C=O) groups excluding carboxylic acids is 2. The summed E-state index contributed by atoms with van der Waals surface area (Å²) < 4.78 is 34.1. The van der Waals surface area contributed by atoms with Gasteiger partial charge in [0.25, 0.3) is 10.0 Å². The highest BCUT2D eigenvalue weighted by Crippen LogP contribution is 2.26. The molecule has 1 atom stereocenters. The van der Waals surface area contributed by atoms with Crippen LogP contribution in [0, 0.1) is 0 Å². The van der Waals surface area contributed by atoms with Crippen LogP contribution in [0.1, 0.15) is 26.3 Å². The minimum absolute atomic E-state index is 0.00651. The normalized spacial score (nSPS) is 11.9. The van der Waals surface area contributed by atoms with Crippen LogP contribution in [-0.4, -0.2) is 50.9 Å². The monoisotopic (exact) mass is 557 g/mol. The number of nitrogens with zero attached hydrogens (tertiary/aromatic N) is 2. The second-order valence-corrected chi connectivity index (χ2v) is 10.7. The summed E-state index contributed by atoms with van der Waals surface area (Å²) >= 11 is 6.35. The van der Waals surface area contributed by atoms with Gasteiger partial charge in [-0.25, -0.2) is 8.42 Å². The smallest absolute Gasteiger partial charge is 0.264 e. The van der Waals surface area contributed by atoms with E-state index in [4.69, 9.17) is 16.3 Å². The van der Waals surface area contributed by atoms with Crippen LogP contribution in [0.3, 0.4) is 0 Å². The van der Waals surface area contributed by atoms with E-state index in [1.165, 1.54) is 17.0 Å². The van der Waals surface area contributed by atoms with Gasteiger partial charge in [0.05, 0.1) is 17.2 Å². The molecule has 1 N–H and O–H groups in total. The molecule has 0 aliphatic rings. The van der Waals surface area contributed by atoms with Crippen LogP contribution in [0.4, 0.5) is 5.69 Å². The van der Waals surface area contributed by atoms with Crippen LogP contribution >= 0.6 is 11.6 Å². The predicted molar refractivity (Wildman–Crippen MR) is 149 cm³/mol. The molecule has 0 fully saturated rings. The lowest BCUT2D eigenvalue weighted by molar-refractivity contribution is -0.139. The summed E-state index contributed by atoms with van der Waals surface area (Å²) in [5.74, 6) is -0.369. The van der Waals surface area contributed by atoms with Crippen LogP contribution in [0.15, 0.2) is 83.8 Å². The maximum atomic E-state index is 13.8. The van der Waals surface area contributed by atoms with Gasteiger partial charge in [0.2, 0.25) is 11.8 Å². The van der Waals surface area contributed by atoms with Gasteiger partial charge in [-0.1, -0.05) is 48.0 Å². The standard InChI is InChI=1S/C28H32ClN3O5S/c1-4-30-28(34)21(3)31(19-22-11-9-10-14-26(22)29)27(33)20-32(23-12-7-6-8-13-23)38(35,36)25-17-15-24(16-18-25)37-5-2/h6-18,21H,4-5,19-20H2,1-3H3,(H,30,34). The van der Waals surface area contributed by atoms with Crippen molar-refractivity contribution < 1.29 is 22.7 Å². The van der Waals surface area contributed by atoms with Crippen LogP contribution < -0.4 is 14.4 Å². The minimum Gasteiger partial charge on any atom is -0.494 e. The van der Waals surface area contributed by atoms with Crippen LogP contribution in [0.25, 0.3) is 0 Å². The van der Waals surface area contributed by atoms with Crippen molar-refractivity contribution in [2.75, 3.05) is 24.0 Å². The molecule has 0 radical (unpaired) electrons. The van der Waals surface area contributed by atoms with E-state index >= 15 is 0 Å². The highest BCUT2D eigenvalue weighted by Gasteiger charge is 2.32. The number of sulfonamides is 1. The molecular formula is C28H32ClN3O5S. The fourth-order valence-corrected chi connectivity index (χ4v) is 5.45. The van der Waals surface area contributed by atoms with E-state index in [-0.39, 0.29) is 17.3 Å². The zero-order chi connectivity index (χ0) is 27.7. The molecule has 3 rings (SSSR count). The summed E-state index contributed by atoms with van der Waals surface area (Å²) in [5, 5.41) is 3.17. The van der Waals surface area contributed by atoms with Crippen molar-refractivity contribution >= 4 is 39.1 Å². The lowest BCUT2D eigenvalue weighted by Gasteiger charge is -2.32. The molecular weight excluding hydrogens is 526 g/mol. The van der Waals surface area contributed by atoms with Gasteiger partial charge in [0.15, 0.2) is 0 Å². The van der Waals surface area contributed by atoms with Gasteiger partial charge in [-0.3, -0.25) is 13.9 Å². The molecule has 38 heavy (non-hydrogen) atoms. The third-order valence-corrected chi connectivity index (χ3v) is 8.02. The molecule has 0 heterocycles. The lowest BCUT2D eigenvalue weighted by atomic mass is 10.1. The third kappa shape index (κ3) is 7.05. The first kappa shape index (κ1) is 29.0. The molecule has 10 heteroatoms. The van der Waals surface area contributed by atoms with E-state index in [0.29, 0.717) is 35.2 Å². The molecule has 2 amide bonds. The maximum Gasteiger partial charge on any atom is 0.264 e. The summed E-state index contributed by atoms with van der Waals surface area (Å²) in [6, 6.07) is 20.6. The Hall–Kier alpha value is -3.56. The molecule has 0 saturated carbocycles. The summed E-state index contributed by atoms with van der Waals surface area (Å²) in [6.07, 6.45) is 0. The highest BCUT2D eigenvalue weighted by molar-refractivity contribution is 7.92. The van der Waals surface area contributed by atoms with E-state index < -0.39 is 28.5 Å². The van der Waals surface area contributed by atoms with E-state index in [9.17, 15) is 18.0 Å². The molecule has 0 aromatic heterocycles. The molecule has 0 saturated heterocycles. The Bertz CT molecular complexity index is 1330. The SMILES string of the molecule is CCNC(=O)C(C)N(Cc1ccccc1Cl)C(=O)CN(c1ccccc1)S(=O)(=O)c1ccc(OCC)cc1. The Morgan fingerprint density at radius 1 is 0.947 bits per heavy atom. The van der Waals surface area contributed by atoms with Crippen LogP contribution in [0.2, 0.25) is 5.02 Å². The summed E-state index contributed by atoms with van der Waals surface area (Å²) in [6.45, 7) is 5.57. The molecule has 202 valence electrons. The van der Waals surface area contributed by atoms with Crippen LogP contribution in [-0.2, 0) is 26.2 Å². The van der Waals surface area contributed by atoms with Gasteiger partial charge in [-0.15, -0.1) is 0 Å². The van der Waals surface area contributed by atoms with Gasteiger partial charge >= 0.3 is 0 Å². The van der Waals surface area contributed by atoms with Gasteiger partial charge in [-0.05, 0) is 68.8 Å². The van der Waals surface area contributed by atoms with Crippen molar-refractivity contribution in [3.63, 3.8) is 0 Å². The number of para-hydroxylation sites is 1. The molecule has 0 aliphatic heterocycles. The van der Waals surface area contributed by atoms with Crippen molar-refractivity contribution in [2.24, 2.45) is 0 Å². The summed E-state index contributed by atoms with van der Waals surface area (Å²) in [4.78, 5) is 27.9. The number of benzene rings is 3. The highest BCUT2D eigenvalue weighted by atomic mass is 35.5. The number of nitrogens with one attached hydrogen (secondary N) is 1. The first-order valence-electron chi connectivity index (χ1n) is 12.3. The zero-order valence-electron chi connectivity index (χ0n) is 21.6. The van der Waals surface area contributed by atoms with Crippen molar-refractivity contribution in [1.82, 2.24) is 10.2 Å². The Kier molecular flexibility index (Phi) is 10.2. The fourth-order valence-electron chi connectivity index (χ4n) is 3.84. The fraction of sp³-hybridized carbons (Fsp3) is 0.286. The largest absolute Gasteiger partial charge is 0.494 e. The van der Waals surface area contributed by atoms with Crippen molar-refractivity contribution in [1.29, 1.82) is 0 Å². The second kappa shape index (κ2) is 13.3. The summed E-state index contributed by atoms with van der Waals surface area (Å²) in [5.41, 5.74) is 0.956. The van der Waals surface area contributed by atoms with Gasteiger partial charge in [0.1, 0.15) is 18.3 Å². The Morgan fingerprint density at radius 3 is 2.18 bits per heavy atom. The van der Waals surface area contributed by atoms with Crippen LogP contribution in [0.5, 0.6) is 5.75 Å². The van der Waals surface area contributed by atoms with E-state index in [1.807, 2.05) is 6.92 Å². The number of hydrogen-bond acceptors (Lipinski definition) is 5. The van der Waals surface area contributed by atoms with Gasteiger partial charge in [-0.2, -0.15) is 0 Å². The van der Waals surface area contributed by atoms with Crippen molar-refractivity contribution in [2.45, 2.75) is 38.3 Å². The number of ether oxygens (including phenoxy) is 1.